The van der Waals surface area contributed by atoms with Crippen LogP contribution in [0.2, 0.25) is 0 Å². The number of nitrogens with zero attached hydrogens (tertiary/aromatic N) is 1. The summed E-state index contributed by atoms with van der Waals surface area (Å²) < 4.78 is 0. The van der Waals surface area contributed by atoms with E-state index in [-0.39, 0.29) is 5.91 Å². The second-order valence-electron chi connectivity index (χ2n) is 8.93. The first-order valence-electron chi connectivity index (χ1n) is 12.4. The van der Waals surface area contributed by atoms with Gasteiger partial charge in [0.1, 0.15) is 0 Å². The molecule has 1 amide bonds. The molecule has 0 spiro atoms. The minimum Gasteiger partial charge on any atom is -0.352 e. The molecule has 0 fully saturated rings. The zero-order chi connectivity index (χ0) is 22.8. The van der Waals surface area contributed by atoms with Gasteiger partial charge in [-0.1, -0.05) is 106 Å². The number of aryl methyl sites for hydroxylation is 1. The molecular formula is C29H38N2O. The topological polar surface area (TPSA) is 42.0 Å². The average molecular weight is 431 g/mol. The molecule has 2 aromatic carbocycles. The van der Waals surface area contributed by atoms with Crippen molar-refractivity contribution in [3.05, 3.63) is 65.2 Å². The van der Waals surface area contributed by atoms with Gasteiger partial charge in [0.15, 0.2) is 0 Å². The lowest BCUT2D eigenvalue weighted by atomic mass is 9.96. The van der Waals surface area contributed by atoms with E-state index in [4.69, 9.17) is 4.98 Å². The number of benzene rings is 2. The summed E-state index contributed by atoms with van der Waals surface area (Å²) in [6.07, 6.45) is 11.5. The van der Waals surface area contributed by atoms with Crippen LogP contribution in [0.5, 0.6) is 0 Å². The number of rotatable bonds is 12. The maximum Gasteiger partial charge on any atom is 0.252 e. The van der Waals surface area contributed by atoms with Crippen molar-refractivity contribution in [3.63, 3.8) is 0 Å². The predicted octanol–water partition coefficient (Wildman–Crippen LogP) is 7.78. The number of aromatic nitrogens is 1. The van der Waals surface area contributed by atoms with Crippen LogP contribution in [-0.2, 0) is 0 Å². The van der Waals surface area contributed by atoms with E-state index in [1.165, 1.54) is 56.9 Å². The highest BCUT2D eigenvalue weighted by Crippen LogP contribution is 2.29. The van der Waals surface area contributed by atoms with Crippen molar-refractivity contribution in [2.45, 2.75) is 78.6 Å². The Bertz CT molecular complexity index is 1010. The SMILES string of the molecule is CCCCCCCCCCCNC(=O)c1c(C)c(-c2ccc(C)cc2)nc2ccccc12. The number of pyridine rings is 1. The summed E-state index contributed by atoms with van der Waals surface area (Å²) in [5.41, 5.74) is 5.70. The highest BCUT2D eigenvalue weighted by Gasteiger charge is 2.18. The van der Waals surface area contributed by atoms with Gasteiger partial charge in [-0.15, -0.1) is 0 Å². The fraction of sp³-hybridized carbons (Fsp3) is 0.448. The van der Waals surface area contributed by atoms with Crippen molar-refractivity contribution >= 4 is 16.8 Å². The first-order chi connectivity index (χ1) is 15.6. The van der Waals surface area contributed by atoms with Gasteiger partial charge in [-0.05, 0) is 31.9 Å². The van der Waals surface area contributed by atoms with Gasteiger partial charge in [0.05, 0.1) is 16.8 Å². The van der Waals surface area contributed by atoms with Crippen molar-refractivity contribution in [2.75, 3.05) is 6.54 Å². The largest absolute Gasteiger partial charge is 0.352 e. The fourth-order valence-corrected chi connectivity index (χ4v) is 4.32. The summed E-state index contributed by atoms with van der Waals surface area (Å²) >= 11 is 0. The smallest absolute Gasteiger partial charge is 0.252 e. The third-order valence-corrected chi connectivity index (χ3v) is 6.25. The molecule has 1 aromatic heterocycles. The minimum atomic E-state index is 0.00836. The monoisotopic (exact) mass is 430 g/mol. The van der Waals surface area contributed by atoms with Crippen molar-refractivity contribution in [2.24, 2.45) is 0 Å². The predicted molar refractivity (Wildman–Crippen MR) is 136 cm³/mol. The second kappa shape index (κ2) is 12.4. The molecule has 3 nitrogen and oxygen atoms in total. The van der Waals surface area contributed by atoms with Crippen LogP contribution in [0.1, 0.15) is 86.2 Å². The third-order valence-electron chi connectivity index (χ3n) is 6.25. The lowest BCUT2D eigenvalue weighted by Gasteiger charge is -2.15. The minimum absolute atomic E-state index is 0.00836. The Morgan fingerprint density at radius 2 is 1.44 bits per heavy atom. The Hall–Kier alpha value is -2.68. The first kappa shape index (κ1) is 24.0. The van der Waals surface area contributed by atoms with E-state index < -0.39 is 0 Å². The van der Waals surface area contributed by atoms with E-state index in [1.54, 1.807) is 0 Å². The van der Waals surface area contributed by atoms with Gasteiger partial charge < -0.3 is 5.32 Å². The van der Waals surface area contributed by atoms with Crippen LogP contribution in [0.3, 0.4) is 0 Å². The fourth-order valence-electron chi connectivity index (χ4n) is 4.32. The highest BCUT2D eigenvalue weighted by atomic mass is 16.1. The van der Waals surface area contributed by atoms with Crippen molar-refractivity contribution in [3.8, 4) is 11.3 Å². The summed E-state index contributed by atoms with van der Waals surface area (Å²) in [5.74, 6) is 0.00836. The lowest BCUT2D eigenvalue weighted by molar-refractivity contribution is 0.0954. The van der Waals surface area contributed by atoms with Crippen LogP contribution in [0.15, 0.2) is 48.5 Å². The molecule has 1 N–H and O–H groups in total. The van der Waals surface area contributed by atoms with Crippen LogP contribution in [0, 0.1) is 13.8 Å². The number of carbonyl (C=O) groups excluding carboxylic acids is 1. The molecule has 32 heavy (non-hydrogen) atoms. The molecule has 0 radical (unpaired) electrons. The molecule has 0 bridgehead atoms. The van der Waals surface area contributed by atoms with E-state index in [9.17, 15) is 4.79 Å². The molecule has 0 aliphatic carbocycles. The molecule has 0 saturated heterocycles. The van der Waals surface area contributed by atoms with Crippen LogP contribution in [-0.4, -0.2) is 17.4 Å². The third kappa shape index (κ3) is 6.41. The molecule has 0 unspecified atom stereocenters. The Kier molecular flexibility index (Phi) is 9.27. The highest BCUT2D eigenvalue weighted by molar-refractivity contribution is 6.08. The quantitative estimate of drug-likeness (QED) is 0.298. The molecule has 0 aliphatic rings. The number of hydrogen-bond acceptors (Lipinski definition) is 2. The van der Waals surface area contributed by atoms with Crippen LogP contribution in [0.25, 0.3) is 22.2 Å². The van der Waals surface area contributed by atoms with Crippen LogP contribution < -0.4 is 5.32 Å². The molecule has 170 valence electrons. The van der Waals surface area contributed by atoms with Crippen molar-refractivity contribution in [1.82, 2.24) is 10.3 Å². The summed E-state index contributed by atoms with van der Waals surface area (Å²) in [6.45, 7) is 7.08. The number of nitrogens with one attached hydrogen (secondary N) is 1. The Balaban J connectivity index is 1.63. The van der Waals surface area contributed by atoms with E-state index in [1.807, 2.05) is 31.2 Å². The summed E-state index contributed by atoms with van der Waals surface area (Å²) in [7, 11) is 0. The zero-order valence-electron chi connectivity index (χ0n) is 20.0. The van der Waals surface area contributed by atoms with E-state index in [0.29, 0.717) is 0 Å². The molecule has 0 saturated carbocycles. The Morgan fingerprint density at radius 3 is 2.12 bits per heavy atom. The molecule has 3 heteroatoms. The summed E-state index contributed by atoms with van der Waals surface area (Å²) in [5, 5.41) is 4.09. The standard InChI is InChI=1S/C29H38N2O/c1-4-5-6-7-8-9-10-11-14-21-30-29(32)27-23(3)28(24-19-17-22(2)18-20-24)31-26-16-13-12-15-25(26)27/h12-13,15-20H,4-11,14,21H2,1-3H3,(H,30,32). The molecule has 0 aliphatic heterocycles. The van der Waals surface area contributed by atoms with E-state index in [0.717, 1.165) is 46.3 Å². The van der Waals surface area contributed by atoms with Crippen LogP contribution in [0.4, 0.5) is 0 Å². The number of para-hydroxylation sites is 1. The second-order valence-corrected chi connectivity index (χ2v) is 8.93. The number of fused-ring (bicyclic) bond motifs is 1. The lowest BCUT2D eigenvalue weighted by Crippen LogP contribution is -2.26. The van der Waals surface area contributed by atoms with Gasteiger partial charge in [-0.25, -0.2) is 4.98 Å². The summed E-state index contributed by atoms with van der Waals surface area (Å²) in [6, 6.07) is 16.3. The number of hydrogen-bond donors (Lipinski definition) is 1. The van der Waals surface area contributed by atoms with Gasteiger partial charge in [0.25, 0.3) is 5.91 Å². The molecule has 3 rings (SSSR count). The van der Waals surface area contributed by atoms with E-state index in [2.05, 4.69) is 43.4 Å². The molecule has 1 heterocycles. The number of amides is 1. The van der Waals surface area contributed by atoms with Crippen molar-refractivity contribution in [1.29, 1.82) is 0 Å². The molecular weight excluding hydrogens is 392 g/mol. The summed E-state index contributed by atoms with van der Waals surface area (Å²) in [4.78, 5) is 18.1. The maximum atomic E-state index is 13.2. The van der Waals surface area contributed by atoms with Crippen molar-refractivity contribution < 1.29 is 4.79 Å². The number of carbonyl (C=O) groups is 1. The molecule has 0 atom stereocenters. The zero-order valence-corrected chi connectivity index (χ0v) is 20.0. The van der Waals surface area contributed by atoms with Gasteiger partial charge >= 0.3 is 0 Å². The van der Waals surface area contributed by atoms with Gasteiger partial charge in [0, 0.05) is 17.5 Å². The maximum absolute atomic E-state index is 13.2. The molecule has 3 aromatic rings. The Morgan fingerprint density at radius 1 is 0.812 bits per heavy atom. The van der Waals surface area contributed by atoms with Gasteiger partial charge in [-0.2, -0.15) is 0 Å². The van der Waals surface area contributed by atoms with Gasteiger partial charge in [0.2, 0.25) is 0 Å². The Labute approximate surface area is 193 Å². The van der Waals surface area contributed by atoms with E-state index >= 15 is 0 Å². The normalized spacial score (nSPS) is 11.1. The first-order valence-corrected chi connectivity index (χ1v) is 12.4. The van der Waals surface area contributed by atoms with Crippen LogP contribution >= 0.6 is 0 Å². The average Bonchev–Trinajstić information content (AvgIpc) is 2.80. The number of unbranched alkanes of at least 4 members (excludes halogenated alkanes) is 8. The van der Waals surface area contributed by atoms with Gasteiger partial charge in [-0.3, -0.25) is 4.79 Å².